The largest absolute Gasteiger partial charge is 0.488 e. The van der Waals surface area contributed by atoms with Crippen molar-refractivity contribution in [3.05, 3.63) is 71.6 Å². The highest BCUT2D eigenvalue weighted by Crippen LogP contribution is 2.36. The molecule has 1 aromatic heterocycles. The van der Waals surface area contributed by atoms with Gasteiger partial charge in [0.25, 0.3) is 5.91 Å². The minimum absolute atomic E-state index is 0. The SMILES string of the molecule is C[C@@H]1C[C@H](N)CN(c2ccncc2NC(=O)c2ccc(F)c(-c3c(F)cc(OC4CCOC4)cc3F)c2F)C1.Cl.Cl. The quantitative estimate of drug-likeness (QED) is 0.343. The maximum Gasteiger partial charge on any atom is 0.258 e. The van der Waals surface area contributed by atoms with Crippen LogP contribution in [0.15, 0.2) is 42.7 Å². The minimum Gasteiger partial charge on any atom is -0.488 e. The Bertz CT molecular complexity index is 1360. The van der Waals surface area contributed by atoms with Gasteiger partial charge in [-0.1, -0.05) is 6.92 Å². The number of amides is 1. The van der Waals surface area contributed by atoms with Crippen LogP contribution in [-0.4, -0.2) is 49.3 Å². The molecule has 2 aliphatic rings. The second-order valence-electron chi connectivity index (χ2n) is 10.0. The molecule has 13 heteroatoms. The first kappa shape index (κ1) is 32.4. The average Bonchev–Trinajstić information content (AvgIpc) is 3.38. The Hall–Kier alpha value is -3.12. The average molecular weight is 617 g/mol. The Morgan fingerprint density at radius 2 is 1.80 bits per heavy atom. The molecule has 2 fully saturated rings. The van der Waals surface area contributed by atoms with E-state index in [-0.39, 0.29) is 49.3 Å². The second kappa shape index (κ2) is 13.7. The lowest BCUT2D eigenvalue weighted by Crippen LogP contribution is -2.46. The molecule has 0 saturated carbocycles. The highest BCUT2D eigenvalue weighted by molar-refractivity contribution is 6.06. The zero-order valence-corrected chi connectivity index (χ0v) is 23.7. The molecular weight excluding hydrogens is 587 g/mol. The predicted molar refractivity (Wildman–Crippen MR) is 152 cm³/mol. The number of pyridine rings is 1. The van der Waals surface area contributed by atoms with Gasteiger partial charge in [0, 0.05) is 43.9 Å². The van der Waals surface area contributed by atoms with Crippen LogP contribution < -0.4 is 20.7 Å². The molecule has 3 atom stereocenters. The lowest BCUT2D eigenvalue weighted by molar-refractivity contribution is 0.102. The zero-order chi connectivity index (χ0) is 27.7. The van der Waals surface area contributed by atoms with Crippen molar-refractivity contribution in [3.8, 4) is 16.9 Å². The van der Waals surface area contributed by atoms with E-state index in [0.29, 0.717) is 43.4 Å². The van der Waals surface area contributed by atoms with Gasteiger partial charge in [0.1, 0.15) is 35.1 Å². The fraction of sp³-hybridized carbons (Fsp3) is 0.357. The van der Waals surface area contributed by atoms with Crippen LogP contribution >= 0.6 is 24.8 Å². The van der Waals surface area contributed by atoms with Gasteiger partial charge in [-0.25, -0.2) is 17.6 Å². The summed E-state index contributed by atoms with van der Waals surface area (Å²) in [6.07, 6.45) is 4.01. The molecule has 3 heterocycles. The summed E-state index contributed by atoms with van der Waals surface area (Å²) in [5.74, 6) is -5.83. The van der Waals surface area contributed by atoms with E-state index in [1.54, 1.807) is 12.3 Å². The summed E-state index contributed by atoms with van der Waals surface area (Å²) in [5, 5.41) is 2.61. The van der Waals surface area contributed by atoms with Gasteiger partial charge in [-0.3, -0.25) is 9.78 Å². The summed E-state index contributed by atoms with van der Waals surface area (Å²) in [7, 11) is 0. The van der Waals surface area contributed by atoms with Gasteiger partial charge in [-0.15, -0.1) is 24.8 Å². The molecule has 2 aliphatic heterocycles. The number of piperidine rings is 1. The molecule has 0 bridgehead atoms. The minimum atomic E-state index is -1.40. The topological polar surface area (TPSA) is 89.7 Å². The summed E-state index contributed by atoms with van der Waals surface area (Å²) in [6.45, 7) is 4.05. The van der Waals surface area contributed by atoms with Crippen molar-refractivity contribution in [3.63, 3.8) is 0 Å². The first-order valence-electron chi connectivity index (χ1n) is 12.7. The lowest BCUT2D eigenvalue weighted by Gasteiger charge is -2.37. The molecule has 41 heavy (non-hydrogen) atoms. The molecular formula is C28H30Cl2F4N4O3. The number of rotatable bonds is 6. The van der Waals surface area contributed by atoms with Gasteiger partial charge >= 0.3 is 0 Å². The van der Waals surface area contributed by atoms with Crippen molar-refractivity contribution in [1.29, 1.82) is 0 Å². The number of halogens is 6. The van der Waals surface area contributed by atoms with Crippen LogP contribution in [0.5, 0.6) is 5.75 Å². The van der Waals surface area contributed by atoms with E-state index in [1.807, 2.05) is 4.90 Å². The Morgan fingerprint density at radius 3 is 2.46 bits per heavy atom. The number of carbonyl (C=O) groups is 1. The van der Waals surface area contributed by atoms with Crippen molar-refractivity contribution in [2.24, 2.45) is 11.7 Å². The van der Waals surface area contributed by atoms with E-state index in [0.717, 1.165) is 30.7 Å². The molecule has 3 N–H and O–H groups in total. The van der Waals surface area contributed by atoms with Crippen molar-refractivity contribution in [2.75, 3.05) is 36.5 Å². The van der Waals surface area contributed by atoms with Crippen LogP contribution in [0.2, 0.25) is 0 Å². The molecule has 0 radical (unpaired) electrons. The summed E-state index contributed by atoms with van der Waals surface area (Å²) in [4.78, 5) is 19.2. The van der Waals surface area contributed by atoms with Crippen molar-refractivity contribution in [2.45, 2.75) is 31.9 Å². The molecule has 1 amide bonds. The van der Waals surface area contributed by atoms with E-state index in [4.69, 9.17) is 15.2 Å². The summed E-state index contributed by atoms with van der Waals surface area (Å²) < 4.78 is 71.1. The second-order valence-corrected chi connectivity index (χ2v) is 10.0. The fourth-order valence-electron chi connectivity index (χ4n) is 5.16. The maximum atomic E-state index is 15.6. The number of benzene rings is 2. The number of aromatic nitrogens is 1. The highest BCUT2D eigenvalue weighted by atomic mass is 35.5. The maximum absolute atomic E-state index is 15.6. The van der Waals surface area contributed by atoms with Crippen LogP contribution in [0.1, 0.15) is 30.1 Å². The van der Waals surface area contributed by atoms with Crippen LogP contribution in [0.25, 0.3) is 11.1 Å². The van der Waals surface area contributed by atoms with E-state index >= 15 is 13.2 Å². The van der Waals surface area contributed by atoms with E-state index < -0.39 is 45.9 Å². The number of hydrogen-bond donors (Lipinski definition) is 2. The third-order valence-corrected chi connectivity index (χ3v) is 6.87. The summed E-state index contributed by atoms with van der Waals surface area (Å²) in [6, 6.07) is 5.08. The van der Waals surface area contributed by atoms with Crippen molar-refractivity contribution >= 4 is 42.1 Å². The number of anilines is 2. The Kier molecular flexibility index (Phi) is 10.8. The molecule has 222 valence electrons. The third-order valence-electron chi connectivity index (χ3n) is 6.87. The Balaban J connectivity index is 0.00000231. The predicted octanol–water partition coefficient (Wildman–Crippen LogP) is 5.74. The number of nitrogens with two attached hydrogens (primary N) is 1. The van der Waals surface area contributed by atoms with Gasteiger partial charge in [0.15, 0.2) is 0 Å². The number of hydrogen-bond acceptors (Lipinski definition) is 6. The van der Waals surface area contributed by atoms with Crippen molar-refractivity contribution < 1.29 is 31.8 Å². The molecule has 0 spiro atoms. The first-order chi connectivity index (χ1) is 18.7. The summed E-state index contributed by atoms with van der Waals surface area (Å²) in [5.41, 5.74) is 4.59. The zero-order valence-electron chi connectivity index (χ0n) is 22.0. The van der Waals surface area contributed by atoms with Crippen LogP contribution in [0.3, 0.4) is 0 Å². The monoisotopic (exact) mass is 616 g/mol. The van der Waals surface area contributed by atoms with Gasteiger partial charge in [0.2, 0.25) is 0 Å². The molecule has 3 aromatic rings. The molecule has 2 aromatic carbocycles. The smallest absolute Gasteiger partial charge is 0.258 e. The lowest BCUT2D eigenvalue weighted by atomic mass is 9.96. The Morgan fingerprint density at radius 1 is 1.07 bits per heavy atom. The van der Waals surface area contributed by atoms with Gasteiger partial charge in [-0.05, 0) is 30.5 Å². The number of ether oxygens (including phenoxy) is 2. The summed E-state index contributed by atoms with van der Waals surface area (Å²) >= 11 is 0. The first-order valence-corrected chi connectivity index (χ1v) is 12.7. The highest BCUT2D eigenvalue weighted by Gasteiger charge is 2.28. The molecule has 7 nitrogen and oxygen atoms in total. The van der Waals surface area contributed by atoms with Crippen molar-refractivity contribution in [1.82, 2.24) is 4.98 Å². The third kappa shape index (κ3) is 7.03. The van der Waals surface area contributed by atoms with Gasteiger partial charge < -0.3 is 25.4 Å². The normalized spacial score (nSPS) is 20.1. The van der Waals surface area contributed by atoms with E-state index in [9.17, 15) is 9.18 Å². The van der Waals surface area contributed by atoms with Crippen LogP contribution in [0, 0.1) is 29.2 Å². The Labute approximate surface area is 247 Å². The van der Waals surface area contributed by atoms with Gasteiger partial charge in [0.05, 0.1) is 47.5 Å². The van der Waals surface area contributed by atoms with Crippen LogP contribution in [-0.2, 0) is 4.74 Å². The number of nitrogens with one attached hydrogen (secondary N) is 1. The molecule has 2 saturated heterocycles. The number of nitrogens with zero attached hydrogens (tertiary/aromatic N) is 2. The van der Waals surface area contributed by atoms with Gasteiger partial charge in [-0.2, -0.15) is 0 Å². The fourth-order valence-corrected chi connectivity index (χ4v) is 5.16. The van der Waals surface area contributed by atoms with Crippen LogP contribution in [0.4, 0.5) is 28.9 Å². The molecule has 0 aliphatic carbocycles. The van der Waals surface area contributed by atoms with E-state index in [1.165, 1.54) is 6.20 Å². The standard InChI is InChI=1S/C28H28F4N4O3.2ClH/c1-15-8-16(33)13-36(12-15)24-4-6-34-11-23(24)35-28(37)19-2-3-20(29)26(27(19)32)25-21(30)9-18(10-22(25)31)39-17-5-7-38-14-17;;/h2-4,6,9-11,15-17H,5,7-8,12-14,33H2,1H3,(H,35,37);2*1H/t15-,16+,17?;;/m1../s1. The molecule has 5 rings (SSSR count). The van der Waals surface area contributed by atoms with E-state index in [2.05, 4.69) is 17.2 Å². The molecule has 1 unspecified atom stereocenters. The number of carbonyl (C=O) groups excluding carboxylic acids is 1.